The van der Waals surface area contributed by atoms with Gasteiger partial charge in [-0.3, -0.25) is 9.69 Å². The highest BCUT2D eigenvalue weighted by molar-refractivity contribution is 6.15. The number of β-lactam (4-membered cyclic amide) rings is 1. The molecular formula is C20H21NO3. The van der Waals surface area contributed by atoms with E-state index in [1.165, 1.54) is 0 Å². The van der Waals surface area contributed by atoms with Gasteiger partial charge in [-0.15, -0.1) is 0 Å². The molecule has 0 N–H and O–H groups in total. The summed E-state index contributed by atoms with van der Waals surface area (Å²) in [7, 11) is 3.28. The number of ether oxygens (including phenoxy) is 2. The van der Waals surface area contributed by atoms with Crippen molar-refractivity contribution in [2.45, 2.75) is 19.4 Å². The quantitative estimate of drug-likeness (QED) is 0.613. The molecule has 0 bridgehead atoms. The molecule has 1 aliphatic rings. The molecule has 3 rings (SSSR count). The smallest absolute Gasteiger partial charge is 0.257 e. The van der Waals surface area contributed by atoms with Gasteiger partial charge < -0.3 is 9.47 Å². The Hall–Kier alpha value is -2.75. The Balaban J connectivity index is 1.96. The van der Waals surface area contributed by atoms with Gasteiger partial charge in [0.25, 0.3) is 5.91 Å². The van der Waals surface area contributed by atoms with Gasteiger partial charge in [-0.05, 0) is 48.4 Å². The molecule has 0 aliphatic carbocycles. The van der Waals surface area contributed by atoms with E-state index in [4.69, 9.17) is 9.47 Å². The standard InChI is InChI=1S/C20H21NO3/c1-4-5-18-19(14-6-10-16(23-2)11-7-14)21(20(18)22)15-8-12-17(24-3)13-9-15/h5-13,19H,4H2,1-3H3/b18-5-/t19-/m1/s1. The van der Waals surface area contributed by atoms with E-state index >= 15 is 0 Å². The van der Waals surface area contributed by atoms with Crippen LogP contribution in [-0.2, 0) is 4.79 Å². The highest BCUT2D eigenvalue weighted by atomic mass is 16.5. The first-order valence-electron chi connectivity index (χ1n) is 8.01. The van der Waals surface area contributed by atoms with Gasteiger partial charge in [-0.1, -0.05) is 25.1 Å². The van der Waals surface area contributed by atoms with Gasteiger partial charge in [0.2, 0.25) is 0 Å². The average molecular weight is 323 g/mol. The fraction of sp³-hybridized carbons (Fsp3) is 0.250. The zero-order chi connectivity index (χ0) is 17.1. The van der Waals surface area contributed by atoms with Crippen molar-refractivity contribution in [2.75, 3.05) is 19.1 Å². The third-order valence-electron chi connectivity index (χ3n) is 4.22. The number of nitrogens with zero attached hydrogens (tertiary/aromatic N) is 1. The minimum atomic E-state index is -0.0586. The van der Waals surface area contributed by atoms with Gasteiger partial charge in [-0.25, -0.2) is 0 Å². The number of hydrogen-bond acceptors (Lipinski definition) is 3. The molecule has 1 heterocycles. The van der Waals surface area contributed by atoms with Crippen molar-refractivity contribution in [1.29, 1.82) is 0 Å². The Bertz CT molecular complexity index is 747. The molecule has 1 fully saturated rings. The molecule has 1 aliphatic heterocycles. The van der Waals surface area contributed by atoms with Gasteiger partial charge >= 0.3 is 0 Å². The minimum Gasteiger partial charge on any atom is -0.497 e. The van der Waals surface area contributed by atoms with Gasteiger partial charge in [-0.2, -0.15) is 0 Å². The molecule has 0 radical (unpaired) electrons. The summed E-state index contributed by atoms with van der Waals surface area (Å²) in [5.74, 6) is 1.64. The summed E-state index contributed by atoms with van der Waals surface area (Å²) in [6, 6.07) is 15.4. The lowest BCUT2D eigenvalue weighted by atomic mass is 9.86. The van der Waals surface area contributed by atoms with Crippen LogP contribution in [0.4, 0.5) is 5.69 Å². The molecule has 4 heteroatoms. The average Bonchev–Trinajstić information content (AvgIpc) is 2.64. The molecule has 1 amide bonds. The highest BCUT2D eigenvalue weighted by Gasteiger charge is 2.43. The topological polar surface area (TPSA) is 38.8 Å². The second kappa shape index (κ2) is 6.79. The largest absolute Gasteiger partial charge is 0.497 e. The summed E-state index contributed by atoms with van der Waals surface area (Å²) in [4.78, 5) is 14.4. The van der Waals surface area contributed by atoms with Crippen LogP contribution < -0.4 is 14.4 Å². The fourth-order valence-electron chi connectivity index (χ4n) is 2.99. The van der Waals surface area contributed by atoms with Crippen LogP contribution in [0.5, 0.6) is 11.5 Å². The van der Waals surface area contributed by atoms with Crippen LogP contribution in [-0.4, -0.2) is 20.1 Å². The fourth-order valence-corrected chi connectivity index (χ4v) is 2.99. The molecule has 2 aromatic carbocycles. The van der Waals surface area contributed by atoms with Crippen molar-refractivity contribution >= 4 is 11.6 Å². The van der Waals surface area contributed by atoms with Crippen molar-refractivity contribution < 1.29 is 14.3 Å². The number of hydrogen-bond donors (Lipinski definition) is 0. The molecule has 0 spiro atoms. The summed E-state index contributed by atoms with van der Waals surface area (Å²) in [6.07, 6.45) is 2.85. The number of anilines is 1. The lowest BCUT2D eigenvalue weighted by molar-refractivity contribution is -0.119. The van der Waals surface area contributed by atoms with Gasteiger partial charge in [0.15, 0.2) is 0 Å². The summed E-state index contributed by atoms with van der Waals surface area (Å²) in [5, 5.41) is 0. The number of methoxy groups -OCH3 is 2. The third-order valence-corrected chi connectivity index (χ3v) is 4.22. The maximum atomic E-state index is 12.6. The molecule has 1 atom stereocenters. The second-order valence-corrected chi connectivity index (χ2v) is 5.62. The van der Waals surface area contributed by atoms with Crippen LogP contribution in [0.3, 0.4) is 0 Å². The van der Waals surface area contributed by atoms with Crippen LogP contribution in [0.2, 0.25) is 0 Å². The number of carbonyl (C=O) groups is 1. The molecular weight excluding hydrogens is 302 g/mol. The molecule has 4 nitrogen and oxygen atoms in total. The number of rotatable bonds is 5. The number of allylic oxidation sites excluding steroid dienone is 1. The second-order valence-electron chi connectivity index (χ2n) is 5.62. The minimum absolute atomic E-state index is 0.0582. The molecule has 124 valence electrons. The van der Waals surface area contributed by atoms with E-state index in [2.05, 4.69) is 0 Å². The predicted molar refractivity (Wildman–Crippen MR) is 94.6 cm³/mol. The summed E-state index contributed by atoms with van der Waals surface area (Å²) in [5.41, 5.74) is 2.79. The van der Waals surface area contributed by atoms with Gasteiger partial charge in [0, 0.05) is 11.3 Å². The molecule has 0 aromatic heterocycles. The van der Waals surface area contributed by atoms with Crippen LogP contribution >= 0.6 is 0 Å². The van der Waals surface area contributed by atoms with Gasteiger partial charge in [0.05, 0.1) is 20.3 Å². The maximum absolute atomic E-state index is 12.6. The Kier molecular flexibility index (Phi) is 4.56. The van der Waals surface area contributed by atoms with E-state index in [1.54, 1.807) is 14.2 Å². The Morgan fingerprint density at radius 2 is 1.50 bits per heavy atom. The molecule has 1 saturated heterocycles. The lowest BCUT2D eigenvalue weighted by Gasteiger charge is -2.43. The summed E-state index contributed by atoms with van der Waals surface area (Å²) < 4.78 is 10.4. The van der Waals surface area contributed by atoms with Gasteiger partial charge in [0.1, 0.15) is 11.5 Å². The van der Waals surface area contributed by atoms with Crippen LogP contribution in [0.1, 0.15) is 24.9 Å². The number of carbonyl (C=O) groups excluding carboxylic acids is 1. The molecule has 2 aromatic rings. The predicted octanol–water partition coefficient (Wildman–Crippen LogP) is 4.13. The molecule has 0 saturated carbocycles. The monoisotopic (exact) mass is 323 g/mol. The first kappa shape index (κ1) is 16.1. The zero-order valence-electron chi connectivity index (χ0n) is 14.2. The van der Waals surface area contributed by atoms with E-state index < -0.39 is 0 Å². The molecule has 0 unspecified atom stereocenters. The van der Waals surface area contributed by atoms with E-state index in [0.717, 1.165) is 34.7 Å². The normalized spacial score (nSPS) is 18.5. The number of amides is 1. The van der Waals surface area contributed by atoms with Crippen molar-refractivity contribution in [2.24, 2.45) is 0 Å². The van der Waals surface area contributed by atoms with E-state index in [-0.39, 0.29) is 11.9 Å². The van der Waals surface area contributed by atoms with E-state index in [9.17, 15) is 4.79 Å². The zero-order valence-corrected chi connectivity index (χ0v) is 14.2. The first-order chi connectivity index (χ1) is 11.7. The summed E-state index contributed by atoms with van der Waals surface area (Å²) >= 11 is 0. The van der Waals surface area contributed by atoms with E-state index in [1.807, 2.05) is 66.4 Å². The van der Waals surface area contributed by atoms with Crippen LogP contribution in [0.25, 0.3) is 0 Å². The lowest BCUT2D eigenvalue weighted by Crippen LogP contribution is -2.49. The third kappa shape index (κ3) is 2.75. The van der Waals surface area contributed by atoms with Crippen molar-refractivity contribution in [3.05, 3.63) is 65.7 Å². The van der Waals surface area contributed by atoms with Crippen LogP contribution in [0, 0.1) is 0 Å². The Morgan fingerprint density at radius 1 is 0.958 bits per heavy atom. The highest BCUT2D eigenvalue weighted by Crippen LogP contribution is 2.43. The summed E-state index contributed by atoms with van der Waals surface area (Å²) in [6.45, 7) is 2.04. The van der Waals surface area contributed by atoms with E-state index in [0.29, 0.717) is 0 Å². The first-order valence-corrected chi connectivity index (χ1v) is 8.01. The van der Waals surface area contributed by atoms with Crippen molar-refractivity contribution in [1.82, 2.24) is 0 Å². The molecule has 24 heavy (non-hydrogen) atoms. The van der Waals surface area contributed by atoms with Crippen molar-refractivity contribution in [3.63, 3.8) is 0 Å². The SMILES string of the molecule is CC/C=C1\C(=O)N(c2ccc(OC)cc2)[C@@H]1c1ccc(OC)cc1. The van der Waals surface area contributed by atoms with Crippen molar-refractivity contribution in [3.8, 4) is 11.5 Å². The maximum Gasteiger partial charge on any atom is 0.257 e. The number of benzene rings is 2. The Labute approximate surface area is 142 Å². The Morgan fingerprint density at radius 3 is 2.00 bits per heavy atom. The van der Waals surface area contributed by atoms with Crippen LogP contribution in [0.15, 0.2) is 60.2 Å².